The second-order valence-electron chi connectivity index (χ2n) is 3.92. The lowest BCUT2D eigenvalue weighted by Crippen LogP contribution is -2.06. The van der Waals surface area contributed by atoms with Crippen LogP contribution in [0.4, 0.5) is 0 Å². The van der Waals surface area contributed by atoms with Gasteiger partial charge in [0, 0.05) is 0 Å². The van der Waals surface area contributed by atoms with Gasteiger partial charge in [0.05, 0.1) is 0 Å². The minimum atomic E-state index is 0.360. The second-order valence-corrected chi connectivity index (χ2v) is 4.90. The highest BCUT2D eigenvalue weighted by molar-refractivity contribution is 7.98. The van der Waals surface area contributed by atoms with Gasteiger partial charge in [-0.25, -0.2) is 0 Å². The van der Waals surface area contributed by atoms with E-state index in [0.717, 1.165) is 0 Å². The fraction of sp³-hybridized carbons (Fsp3) is 0.800. The van der Waals surface area contributed by atoms with Crippen molar-refractivity contribution in [3.63, 3.8) is 0 Å². The van der Waals surface area contributed by atoms with E-state index in [4.69, 9.17) is 0 Å². The predicted octanol–water partition coefficient (Wildman–Crippen LogP) is 3.73. The lowest BCUT2D eigenvalue weighted by atomic mass is 9.87. The quantitative estimate of drug-likeness (QED) is 0.462. The maximum absolute atomic E-state index is 2.36. The van der Waals surface area contributed by atoms with Crippen LogP contribution in [0.5, 0.6) is 0 Å². The monoisotopic (exact) mass is 172 g/mol. The summed E-state index contributed by atoms with van der Waals surface area (Å²) in [4.78, 5) is 0. The van der Waals surface area contributed by atoms with Crippen LogP contribution in [-0.2, 0) is 0 Å². The molecule has 0 atom stereocenters. The summed E-state index contributed by atoms with van der Waals surface area (Å²) >= 11 is 1.91. The topological polar surface area (TPSA) is 0 Å². The van der Waals surface area contributed by atoms with E-state index in [1.165, 1.54) is 17.7 Å². The van der Waals surface area contributed by atoms with Gasteiger partial charge in [-0.3, -0.25) is 0 Å². The first-order valence-corrected chi connectivity index (χ1v) is 5.54. The summed E-state index contributed by atoms with van der Waals surface area (Å²) in [6.07, 6.45) is 5.72. The van der Waals surface area contributed by atoms with Crippen molar-refractivity contribution in [2.75, 3.05) is 12.0 Å². The van der Waals surface area contributed by atoms with Crippen molar-refractivity contribution in [2.24, 2.45) is 5.41 Å². The van der Waals surface area contributed by atoms with Crippen LogP contribution in [0.1, 0.15) is 34.1 Å². The molecule has 1 heteroatoms. The Labute approximate surface area is 75.5 Å². The highest BCUT2D eigenvalue weighted by Crippen LogP contribution is 2.24. The summed E-state index contributed by atoms with van der Waals surface area (Å²) in [5.41, 5.74) is 1.87. The summed E-state index contributed by atoms with van der Waals surface area (Å²) in [6, 6.07) is 0. The summed E-state index contributed by atoms with van der Waals surface area (Å²) in [6.45, 7) is 9.01. The van der Waals surface area contributed by atoms with Crippen LogP contribution in [0.2, 0.25) is 0 Å². The fourth-order valence-corrected chi connectivity index (χ4v) is 1.05. The molecule has 0 amide bonds. The molecule has 0 N–H and O–H groups in total. The van der Waals surface area contributed by atoms with Gasteiger partial charge in [0.1, 0.15) is 0 Å². The van der Waals surface area contributed by atoms with Crippen molar-refractivity contribution in [1.82, 2.24) is 0 Å². The van der Waals surface area contributed by atoms with Crippen molar-refractivity contribution in [2.45, 2.75) is 34.1 Å². The minimum absolute atomic E-state index is 0.360. The third kappa shape index (κ3) is 5.37. The van der Waals surface area contributed by atoms with Crippen LogP contribution in [0.25, 0.3) is 0 Å². The minimum Gasteiger partial charge on any atom is -0.165 e. The van der Waals surface area contributed by atoms with Crippen LogP contribution >= 0.6 is 11.8 Å². The molecule has 0 fully saturated rings. The summed E-state index contributed by atoms with van der Waals surface area (Å²) in [5, 5.41) is 0. The van der Waals surface area contributed by atoms with Crippen LogP contribution in [0.3, 0.4) is 0 Å². The number of allylic oxidation sites excluding steroid dienone is 2. The van der Waals surface area contributed by atoms with E-state index in [1.54, 1.807) is 0 Å². The van der Waals surface area contributed by atoms with E-state index >= 15 is 0 Å². The smallest absolute Gasteiger partial charge is 0.00356 e. The SMILES string of the molecule is CSCC/C=C(\C)C(C)(C)C. The Morgan fingerprint density at radius 1 is 1.36 bits per heavy atom. The van der Waals surface area contributed by atoms with Crippen molar-refractivity contribution < 1.29 is 0 Å². The number of hydrogen-bond donors (Lipinski definition) is 0. The summed E-state index contributed by atoms with van der Waals surface area (Å²) in [7, 11) is 0. The molecule has 0 aromatic heterocycles. The fourth-order valence-electron chi connectivity index (χ4n) is 0.699. The lowest BCUT2D eigenvalue weighted by Gasteiger charge is -2.19. The van der Waals surface area contributed by atoms with Crippen LogP contribution in [0, 0.1) is 5.41 Å². The third-order valence-corrected chi connectivity index (χ3v) is 2.60. The molecular formula is C10H20S. The van der Waals surface area contributed by atoms with Gasteiger partial charge in [-0.15, -0.1) is 0 Å². The number of thioether (sulfide) groups is 1. The van der Waals surface area contributed by atoms with Crippen molar-refractivity contribution in [3.05, 3.63) is 11.6 Å². The van der Waals surface area contributed by atoms with Gasteiger partial charge in [-0.1, -0.05) is 32.4 Å². The van der Waals surface area contributed by atoms with E-state index in [1.807, 2.05) is 11.8 Å². The zero-order chi connectivity index (χ0) is 8.91. The molecule has 0 bridgehead atoms. The molecule has 0 saturated heterocycles. The first kappa shape index (κ1) is 11.1. The molecule has 0 rings (SSSR count). The molecule has 11 heavy (non-hydrogen) atoms. The molecule has 0 aliphatic carbocycles. The van der Waals surface area contributed by atoms with E-state index in [2.05, 4.69) is 40.0 Å². The normalized spacial score (nSPS) is 13.7. The van der Waals surface area contributed by atoms with Gasteiger partial charge in [-0.2, -0.15) is 11.8 Å². The van der Waals surface area contributed by atoms with E-state index in [9.17, 15) is 0 Å². The van der Waals surface area contributed by atoms with Crippen LogP contribution in [0.15, 0.2) is 11.6 Å². The highest BCUT2D eigenvalue weighted by Gasteiger charge is 2.10. The van der Waals surface area contributed by atoms with Crippen LogP contribution < -0.4 is 0 Å². The van der Waals surface area contributed by atoms with Gasteiger partial charge >= 0.3 is 0 Å². The summed E-state index contributed by atoms with van der Waals surface area (Å²) < 4.78 is 0. The Morgan fingerprint density at radius 3 is 2.27 bits per heavy atom. The van der Waals surface area contributed by atoms with Gasteiger partial charge in [0.2, 0.25) is 0 Å². The Hall–Kier alpha value is 0.0900. The van der Waals surface area contributed by atoms with E-state index in [-0.39, 0.29) is 0 Å². The molecule has 0 aliphatic rings. The Balaban J connectivity index is 3.81. The molecule has 0 radical (unpaired) electrons. The van der Waals surface area contributed by atoms with Gasteiger partial charge in [0.15, 0.2) is 0 Å². The van der Waals surface area contributed by atoms with Crippen molar-refractivity contribution in [1.29, 1.82) is 0 Å². The third-order valence-electron chi connectivity index (χ3n) is 1.96. The zero-order valence-electron chi connectivity index (χ0n) is 8.40. The zero-order valence-corrected chi connectivity index (χ0v) is 9.22. The van der Waals surface area contributed by atoms with Gasteiger partial charge in [-0.05, 0) is 30.8 Å². The molecule has 66 valence electrons. The second kappa shape index (κ2) is 4.87. The lowest BCUT2D eigenvalue weighted by molar-refractivity contribution is 0.502. The molecule has 0 aromatic rings. The maximum Gasteiger partial charge on any atom is -0.00356 e. The molecular weight excluding hydrogens is 152 g/mol. The largest absolute Gasteiger partial charge is 0.165 e. The number of hydrogen-bond acceptors (Lipinski definition) is 1. The van der Waals surface area contributed by atoms with Gasteiger partial charge < -0.3 is 0 Å². The molecule has 0 unspecified atom stereocenters. The Bertz CT molecular complexity index is 128. The van der Waals surface area contributed by atoms with E-state index < -0.39 is 0 Å². The molecule has 0 nitrogen and oxygen atoms in total. The average Bonchev–Trinajstić information content (AvgIpc) is 1.86. The molecule has 0 heterocycles. The first-order valence-electron chi connectivity index (χ1n) is 4.14. The van der Waals surface area contributed by atoms with Gasteiger partial charge in [0.25, 0.3) is 0 Å². The van der Waals surface area contributed by atoms with Crippen molar-refractivity contribution in [3.8, 4) is 0 Å². The van der Waals surface area contributed by atoms with E-state index in [0.29, 0.717) is 5.41 Å². The average molecular weight is 172 g/mol. The van der Waals surface area contributed by atoms with Crippen molar-refractivity contribution >= 4 is 11.8 Å². The number of rotatable bonds is 3. The molecule has 0 spiro atoms. The standard InChI is InChI=1S/C10H20S/c1-9(10(2,3)4)7-6-8-11-5/h7H,6,8H2,1-5H3/b9-7+. The predicted molar refractivity (Wildman–Crippen MR) is 56.2 cm³/mol. The highest BCUT2D eigenvalue weighted by atomic mass is 32.2. The molecule has 0 aliphatic heterocycles. The Morgan fingerprint density at radius 2 is 1.91 bits per heavy atom. The summed E-state index contributed by atoms with van der Waals surface area (Å²) in [5.74, 6) is 1.24. The molecule has 0 aromatic carbocycles. The maximum atomic E-state index is 2.36. The van der Waals surface area contributed by atoms with Crippen LogP contribution in [-0.4, -0.2) is 12.0 Å². The molecule has 0 saturated carbocycles. The Kier molecular flexibility index (Phi) is 4.91. The first-order chi connectivity index (χ1) is 4.98.